The minimum atomic E-state index is -0.825. The molecule has 0 rings (SSSR count). The highest BCUT2D eigenvalue weighted by Gasteiger charge is 2.19. The minimum Gasteiger partial charge on any atom is -0.462 e. The van der Waals surface area contributed by atoms with Gasteiger partial charge in [0.15, 0.2) is 6.10 Å². The first kappa shape index (κ1) is 78.5. The molecule has 0 aliphatic heterocycles. The summed E-state index contributed by atoms with van der Waals surface area (Å²) in [5, 5.41) is 0. The zero-order valence-corrected chi connectivity index (χ0v) is 54.2. The van der Waals surface area contributed by atoms with E-state index in [1.54, 1.807) is 0 Å². The van der Waals surface area contributed by atoms with E-state index in [1.165, 1.54) is 141 Å². The number of carbonyl (C=O) groups excluding carboxylic acids is 3. The lowest BCUT2D eigenvalue weighted by Gasteiger charge is -2.18. The van der Waals surface area contributed by atoms with E-state index in [9.17, 15) is 14.4 Å². The van der Waals surface area contributed by atoms with Gasteiger partial charge >= 0.3 is 17.9 Å². The van der Waals surface area contributed by atoms with Gasteiger partial charge in [-0.1, -0.05) is 321 Å². The van der Waals surface area contributed by atoms with Crippen LogP contribution in [0.25, 0.3) is 0 Å². The van der Waals surface area contributed by atoms with Crippen LogP contribution in [0.4, 0.5) is 0 Å². The van der Waals surface area contributed by atoms with E-state index in [-0.39, 0.29) is 37.5 Å². The molecule has 0 bridgehead atoms. The Morgan fingerprint density at radius 1 is 0.253 bits per heavy atom. The van der Waals surface area contributed by atoms with E-state index < -0.39 is 6.10 Å². The highest BCUT2D eigenvalue weighted by Crippen LogP contribution is 2.17. The Labute approximate surface area is 513 Å². The molecular formula is C77H128O6. The monoisotopic (exact) mass is 1150 g/mol. The molecule has 0 spiro atoms. The lowest BCUT2D eigenvalue weighted by Crippen LogP contribution is -2.30. The van der Waals surface area contributed by atoms with Crippen LogP contribution in [0.15, 0.2) is 134 Å². The molecule has 0 amide bonds. The number of hydrogen-bond acceptors (Lipinski definition) is 6. The van der Waals surface area contributed by atoms with E-state index in [0.717, 1.165) is 128 Å². The Morgan fingerprint density at radius 2 is 0.482 bits per heavy atom. The fourth-order valence-corrected chi connectivity index (χ4v) is 9.54. The number of esters is 3. The summed E-state index contributed by atoms with van der Waals surface area (Å²) < 4.78 is 16.9. The summed E-state index contributed by atoms with van der Waals surface area (Å²) in [6.45, 7) is 6.38. The summed E-state index contributed by atoms with van der Waals surface area (Å²) >= 11 is 0. The Bertz CT molecular complexity index is 1750. The second-order valence-corrected chi connectivity index (χ2v) is 22.7. The molecule has 0 saturated carbocycles. The Kier molecular flexibility index (Phi) is 66.3. The second kappa shape index (κ2) is 70.0. The van der Waals surface area contributed by atoms with Gasteiger partial charge in [0.25, 0.3) is 0 Å². The molecular weight excluding hydrogens is 1020 g/mol. The number of carbonyl (C=O) groups is 3. The van der Waals surface area contributed by atoms with Crippen LogP contribution in [-0.4, -0.2) is 37.2 Å². The van der Waals surface area contributed by atoms with Crippen molar-refractivity contribution < 1.29 is 28.6 Å². The summed E-state index contributed by atoms with van der Waals surface area (Å²) in [5.74, 6) is -0.988. The molecule has 0 saturated heterocycles. The summed E-state index contributed by atoms with van der Waals surface area (Å²) in [6.07, 6.45) is 99.1. The number of ether oxygens (including phenoxy) is 3. The fourth-order valence-electron chi connectivity index (χ4n) is 9.54. The molecule has 0 aliphatic rings. The second-order valence-electron chi connectivity index (χ2n) is 22.7. The Morgan fingerprint density at radius 3 is 0.771 bits per heavy atom. The highest BCUT2D eigenvalue weighted by atomic mass is 16.6. The van der Waals surface area contributed by atoms with Crippen molar-refractivity contribution in [2.45, 2.75) is 322 Å². The van der Waals surface area contributed by atoms with E-state index in [2.05, 4.69) is 154 Å². The third kappa shape index (κ3) is 68.2. The van der Waals surface area contributed by atoms with Crippen LogP contribution in [0.1, 0.15) is 316 Å². The molecule has 0 N–H and O–H groups in total. The Balaban J connectivity index is 4.46. The predicted molar refractivity (Wildman–Crippen MR) is 362 cm³/mol. The number of rotatable bonds is 62. The van der Waals surface area contributed by atoms with E-state index in [4.69, 9.17) is 14.2 Å². The van der Waals surface area contributed by atoms with Crippen LogP contribution in [0, 0.1) is 0 Å². The van der Waals surface area contributed by atoms with Crippen LogP contribution in [-0.2, 0) is 28.6 Å². The number of allylic oxidation sites excluding steroid dienone is 22. The SMILES string of the molecule is CC/C=C\C/C=C\C/C=C\C/C=C\C/C=C\C/C=C\C/C=C\CCCC(=O)OC(COC(=O)CCCCCC/C=C\C/C=C\C/C=C\C/C=C\CC)COC(=O)CCCCCCCCCCCCCCCCCCCCCCCCCCC. The lowest BCUT2D eigenvalue weighted by molar-refractivity contribution is -0.167. The summed E-state index contributed by atoms with van der Waals surface area (Å²) in [7, 11) is 0. The van der Waals surface area contributed by atoms with Crippen LogP contribution in [0.2, 0.25) is 0 Å². The molecule has 0 aromatic carbocycles. The first-order valence-corrected chi connectivity index (χ1v) is 34.7. The van der Waals surface area contributed by atoms with Crippen LogP contribution < -0.4 is 0 Å². The molecule has 1 unspecified atom stereocenters. The quantitative estimate of drug-likeness (QED) is 0.0261. The number of hydrogen-bond donors (Lipinski definition) is 0. The smallest absolute Gasteiger partial charge is 0.306 e. The molecule has 0 fully saturated rings. The van der Waals surface area contributed by atoms with Crippen molar-refractivity contribution in [2.75, 3.05) is 13.2 Å². The molecule has 6 heteroatoms. The molecule has 0 aromatic rings. The van der Waals surface area contributed by atoms with Crippen molar-refractivity contribution in [3.05, 3.63) is 134 Å². The van der Waals surface area contributed by atoms with Crippen molar-refractivity contribution in [2.24, 2.45) is 0 Å². The average molecular weight is 1150 g/mol. The maximum absolute atomic E-state index is 12.9. The molecule has 6 nitrogen and oxygen atoms in total. The van der Waals surface area contributed by atoms with E-state index in [1.807, 2.05) is 0 Å². The topological polar surface area (TPSA) is 78.9 Å². The molecule has 0 radical (unpaired) electrons. The first-order chi connectivity index (χ1) is 41.0. The van der Waals surface area contributed by atoms with Gasteiger partial charge in [-0.2, -0.15) is 0 Å². The maximum atomic E-state index is 12.9. The van der Waals surface area contributed by atoms with Gasteiger partial charge in [-0.3, -0.25) is 14.4 Å². The van der Waals surface area contributed by atoms with Crippen molar-refractivity contribution in [3.8, 4) is 0 Å². The van der Waals surface area contributed by atoms with Gasteiger partial charge in [-0.25, -0.2) is 0 Å². The largest absolute Gasteiger partial charge is 0.462 e. The van der Waals surface area contributed by atoms with Crippen molar-refractivity contribution in [3.63, 3.8) is 0 Å². The normalized spacial score (nSPS) is 13.0. The van der Waals surface area contributed by atoms with Crippen LogP contribution in [0.5, 0.6) is 0 Å². The molecule has 472 valence electrons. The van der Waals surface area contributed by atoms with Crippen molar-refractivity contribution in [1.29, 1.82) is 0 Å². The van der Waals surface area contributed by atoms with Gasteiger partial charge in [0.2, 0.25) is 0 Å². The molecule has 0 heterocycles. The van der Waals surface area contributed by atoms with Gasteiger partial charge in [0.1, 0.15) is 13.2 Å². The first-order valence-electron chi connectivity index (χ1n) is 34.7. The third-order valence-electron chi connectivity index (χ3n) is 14.7. The zero-order chi connectivity index (χ0) is 59.9. The third-order valence-corrected chi connectivity index (χ3v) is 14.7. The van der Waals surface area contributed by atoms with Gasteiger partial charge in [-0.05, 0) is 109 Å². The van der Waals surface area contributed by atoms with Crippen molar-refractivity contribution in [1.82, 2.24) is 0 Å². The van der Waals surface area contributed by atoms with Crippen molar-refractivity contribution >= 4 is 17.9 Å². The Hall–Kier alpha value is -4.45. The summed E-state index contributed by atoms with van der Waals surface area (Å²) in [5.41, 5.74) is 0. The van der Waals surface area contributed by atoms with Crippen LogP contribution >= 0.6 is 0 Å². The molecule has 83 heavy (non-hydrogen) atoms. The number of unbranched alkanes of at least 4 members (excludes halogenated alkanes) is 29. The predicted octanol–water partition coefficient (Wildman–Crippen LogP) is 24.1. The lowest BCUT2D eigenvalue weighted by atomic mass is 10.0. The molecule has 0 aromatic heterocycles. The highest BCUT2D eigenvalue weighted by molar-refractivity contribution is 5.71. The van der Waals surface area contributed by atoms with E-state index in [0.29, 0.717) is 19.3 Å². The van der Waals surface area contributed by atoms with Gasteiger partial charge < -0.3 is 14.2 Å². The van der Waals surface area contributed by atoms with Gasteiger partial charge in [-0.15, -0.1) is 0 Å². The molecule has 1 atom stereocenters. The van der Waals surface area contributed by atoms with Gasteiger partial charge in [0, 0.05) is 19.3 Å². The summed E-state index contributed by atoms with van der Waals surface area (Å²) in [6, 6.07) is 0. The fraction of sp³-hybridized carbons (Fsp3) is 0.675. The maximum Gasteiger partial charge on any atom is 0.306 e. The summed E-state index contributed by atoms with van der Waals surface area (Å²) in [4.78, 5) is 38.4. The van der Waals surface area contributed by atoms with Crippen LogP contribution in [0.3, 0.4) is 0 Å². The zero-order valence-electron chi connectivity index (χ0n) is 54.2. The standard InChI is InChI=1S/C77H128O6/c1-4-7-10-13-16-19-22-25-28-31-33-35-37-38-40-41-43-46-49-52-55-58-61-64-67-70-76(79)82-73-74(72-81-75(78)69-66-63-60-57-54-51-48-45-30-27-24-21-18-15-12-9-6-3)83-77(80)71-68-65-62-59-56-53-50-47-44-42-39-36-34-32-29-26-23-20-17-14-11-8-5-2/h8-9,11-12,17-18,20-21,26-27,29-30,34,36,42,44,48,50-51,53,59,62,74H,4-7,10,13-16,19,22-25,28,31-33,35,37-41,43,45-47,49,52,54-58,60-61,63-73H2,1-3H3/b11-8-,12-9-,20-17-,21-18-,29-26-,30-27-,36-34-,44-42-,51-48-,53-50-,62-59-. The van der Waals surface area contributed by atoms with E-state index >= 15 is 0 Å². The minimum absolute atomic E-state index is 0.111. The van der Waals surface area contributed by atoms with Gasteiger partial charge in [0.05, 0.1) is 0 Å². The average Bonchev–Trinajstić information content (AvgIpc) is 3.49. The molecule has 0 aliphatic carbocycles.